The van der Waals surface area contributed by atoms with Crippen molar-refractivity contribution < 1.29 is 9.53 Å². The number of hydrogen-bond acceptors (Lipinski definition) is 3. The van der Waals surface area contributed by atoms with E-state index in [-0.39, 0.29) is 5.97 Å². The van der Waals surface area contributed by atoms with Gasteiger partial charge in [-0.25, -0.2) is 0 Å². The molecule has 2 rings (SSSR count). The van der Waals surface area contributed by atoms with E-state index in [0.717, 1.165) is 5.92 Å². The molecule has 2 fully saturated rings. The van der Waals surface area contributed by atoms with Crippen LogP contribution in [0.15, 0.2) is 0 Å². The van der Waals surface area contributed by atoms with Gasteiger partial charge in [0.2, 0.25) is 0 Å². The second-order valence-electron chi connectivity index (χ2n) is 5.36. The fourth-order valence-corrected chi connectivity index (χ4v) is 2.89. The molecule has 98 valence electrons. The lowest BCUT2D eigenvalue weighted by molar-refractivity contribution is -0.144. The molecule has 1 aliphatic carbocycles. The molecule has 17 heavy (non-hydrogen) atoms. The van der Waals surface area contributed by atoms with Crippen LogP contribution in [-0.4, -0.2) is 36.6 Å². The number of esters is 1. The first kappa shape index (κ1) is 12.9. The van der Waals surface area contributed by atoms with E-state index >= 15 is 0 Å². The summed E-state index contributed by atoms with van der Waals surface area (Å²) >= 11 is 0. The van der Waals surface area contributed by atoms with Crippen molar-refractivity contribution in [1.82, 2.24) is 4.90 Å². The van der Waals surface area contributed by atoms with E-state index in [1.807, 2.05) is 6.92 Å². The number of carbonyl (C=O) groups is 1. The molecule has 1 heterocycles. The maximum absolute atomic E-state index is 11.7. The fraction of sp³-hybridized carbons (Fsp3) is 0.929. The number of likely N-dealkylation sites (tertiary alicyclic amines) is 1. The molecule has 1 aliphatic heterocycles. The highest BCUT2D eigenvalue weighted by Crippen LogP contribution is 2.37. The Bertz CT molecular complexity index is 243. The van der Waals surface area contributed by atoms with Crippen molar-refractivity contribution in [3.63, 3.8) is 0 Å². The van der Waals surface area contributed by atoms with Crippen molar-refractivity contribution >= 4 is 5.97 Å². The van der Waals surface area contributed by atoms with Gasteiger partial charge in [0.05, 0.1) is 13.0 Å². The predicted octanol–water partition coefficient (Wildman–Crippen LogP) is 2.59. The molecular formula is C14H25NO2. The largest absolute Gasteiger partial charge is 0.466 e. The first-order valence-electron chi connectivity index (χ1n) is 7.21. The minimum absolute atomic E-state index is 0.00588. The zero-order valence-corrected chi connectivity index (χ0v) is 11.0. The Morgan fingerprint density at radius 2 is 1.88 bits per heavy atom. The summed E-state index contributed by atoms with van der Waals surface area (Å²) < 4.78 is 5.11. The van der Waals surface area contributed by atoms with Gasteiger partial charge in [-0.3, -0.25) is 9.69 Å². The van der Waals surface area contributed by atoms with Gasteiger partial charge in [0.15, 0.2) is 0 Å². The van der Waals surface area contributed by atoms with Crippen molar-refractivity contribution in [1.29, 1.82) is 0 Å². The number of carbonyl (C=O) groups excluding carboxylic acids is 1. The lowest BCUT2D eigenvalue weighted by atomic mass is 10.1. The number of hydrogen-bond donors (Lipinski definition) is 0. The van der Waals surface area contributed by atoms with Crippen LogP contribution >= 0.6 is 0 Å². The van der Waals surface area contributed by atoms with E-state index < -0.39 is 0 Å². The minimum Gasteiger partial charge on any atom is -0.466 e. The molecule has 0 bridgehead atoms. The zero-order chi connectivity index (χ0) is 12.1. The van der Waals surface area contributed by atoms with Crippen molar-refractivity contribution in [2.75, 3.05) is 19.7 Å². The molecule has 0 aromatic heterocycles. The maximum Gasteiger partial charge on any atom is 0.307 e. The second-order valence-corrected chi connectivity index (χ2v) is 5.36. The van der Waals surface area contributed by atoms with Crippen LogP contribution in [0.1, 0.15) is 51.9 Å². The van der Waals surface area contributed by atoms with Gasteiger partial charge in [0.25, 0.3) is 0 Å². The van der Waals surface area contributed by atoms with E-state index in [1.54, 1.807) is 0 Å². The average Bonchev–Trinajstić information content (AvgIpc) is 3.14. The Labute approximate surface area is 105 Å². The van der Waals surface area contributed by atoms with Gasteiger partial charge in [0.1, 0.15) is 0 Å². The van der Waals surface area contributed by atoms with Gasteiger partial charge in [-0.15, -0.1) is 0 Å². The molecule has 0 aromatic carbocycles. The summed E-state index contributed by atoms with van der Waals surface area (Å²) in [5.41, 5.74) is 0. The van der Waals surface area contributed by atoms with Crippen LogP contribution in [0.2, 0.25) is 0 Å². The monoisotopic (exact) mass is 239 g/mol. The van der Waals surface area contributed by atoms with Gasteiger partial charge in [0, 0.05) is 6.04 Å². The third kappa shape index (κ3) is 3.98. The molecule has 3 nitrogen and oxygen atoms in total. The average molecular weight is 239 g/mol. The molecule has 1 atom stereocenters. The summed E-state index contributed by atoms with van der Waals surface area (Å²) in [6, 6.07) is 0.465. The Balaban J connectivity index is 1.88. The molecule has 1 saturated heterocycles. The van der Waals surface area contributed by atoms with Gasteiger partial charge >= 0.3 is 5.97 Å². The summed E-state index contributed by atoms with van der Waals surface area (Å²) in [6.45, 7) is 4.76. The van der Waals surface area contributed by atoms with Crippen LogP contribution in [0.5, 0.6) is 0 Å². The molecule has 3 heteroatoms. The number of ether oxygens (including phenoxy) is 1. The molecule has 0 spiro atoms. The first-order chi connectivity index (χ1) is 8.31. The molecule has 0 amide bonds. The Kier molecular flexibility index (Phi) is 4.84. The molecule has 1 saturated carbocycles. The summed E-state index contributed by atoms with van der Waals surface area (Å²) in [6.07, 6.45) is 8.53. The lowest BCUT2D eigenvalue weighted by Gasteiger charge is -2.30. The number of rotatable bonds is 5. The zero-order valence-electron chi connectivity index (χ0n) is 11.0. The third-order valence-electron chi connectivity index (χ3n) is 3.96. The summed E-state index contributed by atoms with van der Waals surface area (Å²) in [5, 5.41) is 0. The smallest absolute Gasteiger partial charge is 0.307 e. The van der Waals surface area contributed by atoms with Gasteiger partial charge < -0.3 is 4.74 Å². The SMILES string of the molecule is CCOC(=O)CC(C1CC1)N1CCCCCC1. The molecule has 0 radical (unpaired) electrons. The quantitative estimate of drug-likeness (QED) is 0.691. The topological polar surface area (TPSA) is 29.5 Å². The molecule has 2 aliphatic rings. The van der Waals surface area contributed by atoms with Crippen LogP contribution < -0.4 is 0 Å². The van der Waals surface area contributed by atoms with E-state index in [9.17, 15) is 4.79 Å². The Morgan fingerprint density at radius 1 is 1.24 bits per heavy atom. The number of nitrogens with zero attached hydrogens (tertiary/aromatic N) is 1. The second kappa shape index (κ2) is 6.39. The lowest BCUT2D eigenvalue weighted by Crippen LogP contribution is -2.39. The minimum atomic E-state index is -0.00588. The Morgan fingerprint density at radius 3 is 2.41 bits per heavy atom. The molecule has 1 unspecified atom stereocenters. The predicted molar refractivity (Wildman–Crippen MR) is 67.8 cm³/mol. The van der Waals surface area contributed by atoms with Gasteiger partial charge in [-0.2, -0.15) is 0 Å². The molecule has 0 N–H and O–H groups in total. The first-order valence-corrected chi connectivity index (χ1v) is 7.21. The maximum atomic E-state index is 11.7. The standard InChI is InChI=1S/C14H25NO2/c1-2-17-14(16)11-13(12-7-8-12)15-9-5-3-4-6-10-15/h12-13H,2-11H2,1H3. The fourth-order valence-electron chi connectivity index (χ4n) is 2.89. The van der Waals surface area contributed by atoms with E-state index in [4.69, 9.17) is 4.74 Å². The Hall–Kier alpha value is -0.570. The van der Waals surface area contributed by atoms with Crippen LogP contribution in [0.3, 0.4) is 0 Å². The molecular weight excluding hydrogens is 214 g/mol. The highest BCUT2D eigenvalue weighted by molar-refractivity contribution is 5.70. The highest BCUT2D eigenvalue weighted by Gasteiger charge is 2.36. The van der Waals surface area contributed by atoms with E-state index in [2.05, 4.69) is 4.90 Å². The van der Waals surface area contributed by atoms with E-state index in [1.165, 1.54) is 51.6 Å². The van der Waals surface area contributed by atoms with Crippen molar-refractivity contribution in [3.8, 4) is 0 Å². The van der Waals surface area contributed by atoms with Crippen LogP contribution in [-0.2, 0) is 9.53 Å². The summed E-state index contributed by atoms with van der Waals surface area (Å²) in [4.78, 5) is 14.2. The molecule has 0 aromatic rings. The van der Waals surface area contributed by atoms with Crippen LogP contribution in [0.25, 0.3) is 0 Å². The van der Waals surface area contributed by atoms with Crippen molar-refractivity contribution in [2.45, 2.75) is 57.9 Å². The highest BCUT2D eigenvalue weighted by atomic mass is 16.5. The van der Waals surface area contributed by atoms with Crippen molar-refractivity contribution in [2.24, 2.45) is 5.92 Å². The third-order valence-corrected chi connectivity index (χ3v) is 3.96. The summed E-state index contributed by atoms with van der Waals surface area (Å²) in [5.74, 6) is 0.756. The van der Waals surface area contributed by atoms with Crippen LogP contribution in [0, 0.1) is 5.92 Å². The van der Waals surface area contributed by atoms with Crippen molar-refractivity contribution in [3.05, 3.63) is 0 Å². The summed E-state index contributed by atoms with van der Waals surface area (Å²) in [7, 11) is 0. The van der Waals surface area contributed by atoms with Crippen LogP contribution in [0.4, 0.5) is 0 Å². The van der Waals surface area contributed by atoms with Gasteiger partial charge in [-0.1, -0.05) is 12.8 Å². The normalized spacial score (nSPS) is 24.1. The van der Waals surface area contributed by atoms with Gasteiger partial charge in [-0.05, 0) is 51.6 Å². The van der Waals surface area contributed by atoms with E-state index in [0.29, 0.717) is 19.1 Å².